The van der Waals surface area contributed by atoms with Gasteiger partial charge in [-0.15, -0.1) is 5.10 Å². The lowest BCUT2D eigenvalue weighted by atomic mass is 9.96. The van der Waals surface area contributed by atoms with Crippen molar-refractivity contribution in [3.05, 3.63) is 11.6 Å². The molecule has 102 valence electrons. The lowest BCUT2D eigenvalue weighted by Gasteiger charge is -2.22. The Kier molecular flexibility index (Phi) is 4.11. The van der Waals surface area contributed by atoms with Crippen molar-refractivity contribution in [1.29, 1.82) is 0 Å². The van der Waals surface area contributed by atoms with Gasteiger partial charge in [0.05, 0.1) is 5.60 Å². The van der Waals surface area contributed by atoms with E-state index in [4.69, 9.17) is 4.74 Å². The predicted octanol–water partition coefficient (Wildman–Crippen LogP) is 1.26. The van der Waals surface area contributed by atoms with Crippen molar-refractivity contribution in [2.75, 3.05) is 13.7 Å². The molecule has 0 saturated carbocycles. The Morgan fingerprint density at radius 2 is 1.94 bits per heavy atom. The maximum atomic E-state index is 11.8. The molecule has 0 unspecified atom stereocenters. The van der Waals surface area contributed by atoms with Gasteiger partial charge in [0.25, 0.3) is 5.91 Å². The fourth-order valence-corrected chi connectivity index (χ4v) is 1.14. The Bertz CT molecular complexity index is 418. The molecule has 0 aromatic carbocycles. The Morgan fingerprint density at radius 1 is 1.33 bits per heavy atom. The molecule has 0 bridgehead atoms. The molecule has 18 heavy (non-hydrogen) atoms. The number of methoxy groups -OCH3 is 1. The van der Waals surface area contributed by atoms with Gasteiger partial charge < -0.3 is 10.1 Å². The van der Waals surface area contributed by atoms with Crippen LogP contribution in [0, 0.1) is 0 Å². The summed E-state index contributed by atoms with van der Waals surface area (Å²) >= 11 is 0. The summed E-state index contributed by atoms with van der Waals surface area (Å²) < 4.78 is 5.22. The van der Waals surface area contributed by atoms with Crippen molar-refractivity contribution in [3.8, 4) is 0 Å². The second kappa shape index (κ2) is 5.06. The number of hydrogen-bond donors (Lipinski definition) is 2. The van der Waals surface area contributed by atoms with Crippen molar-refractivity contribution in [1.82, 2.24) is 20.5 Å². The second-order valence-electron chi connectivity index (χ2n) is 5.90. The van der Waals surface area contributed by atoms with Crippen molar-refractivity contribution in [2.24, 2.45) is 0 Å². The quantitative estimate of drug-likeness (QED) is 0.847. The normalized spacial score (nSPS) is 12.6. The van der Waals surface area contributed by atoms with E-state index in [1.54, 1.807) is 7.11 Å². The van der Waals surface area contributed by atoms with Gasteiger partial charge in [-0.25, -0.2) is 4.98 Å². The third kappa shape index (κ3) is 3.80. The molecular weight excluding hydrogens is 232 g/mol. The number of aromatic amines is 1. The number of amides is 1. The Hall–Kier alpha value is -1.43. The molecule has 6 heteroatoms. The number of carbonyl (C=O) groups excluding carboxylic acids is 1. The van der Waals surface area contributed by atoms with E-state index in [1.165, 1.54) is 0 Å². The van der Waals surface area contributed by atoms with Gasteiger partial charge in [-0.05, 0) is 13.8 Å². The molecule has 0 aliphatic rings. The van der Waals surface area contributed by atoms with Crippen LogP contribution in [0.1, 0.15) is 51.1 Å². The van der Waals surface area contributed by atoms with E-state index in [-0.39, 0.29) is 17.1 Å². The molecule has 1 heterocycles. The van der Waals surface area contributed by atoms with Gasteiger partial charge in [0, 0.05) is 19.1 Å². The number of carbonyl (C=O) groups is 1. The Balaban J connectivity index is 2.66. The molecule has 1 aromatic heterocycles. The molecule has 0 saturated heterocycles. The first-order valence-corrected chi connectivity index (χ1v) is 5.92. The topological polar surface area (TPSA) is 79.9 Å². The summed E-state index contributed by atoms with van der Waals surface area (Å²) in [4.78, 5) is 16.0. The van der Waals surface area contributed by atoms with Gasteiger partial charge in [-0.1, -0.05) is 20.8 Å². The van der Waals surface area contributed by atoms with Crippen LogP contribution in [0.25, 0.3) is 0 Å². The largest absolute Gasteiger partial charge is 0.377 e. The second-order valence-corrected chi connectivity index (χ2v) is 5.90. The fourth-order valence-electron chi connectivity index (χ4n) is 1.14. The Morgan fingerprint density at radius 3 is 2.39 bits per heavy atom. The Labute approximate surface area is 108 Å². The van der Waals surface area contributed by atoms with Crippen LogP contribution >= 0.6 is 0 Å². The summed E-state index contributed by atoms with van der Waals surface area (Å²) in [5.41, 5.74) is -0.559. The smallest absolute Gasteiger partial charge is 0.291 e. The first kappa shape index (κ1) is 14.6. The molecule has 0 fully saturated rings. The molecule has 2 N–H and O–H groups in total. The minimum atomic E-state index is -0.404. The lowest BCUT2D eigenvalue weighted by molar-refractivity contribution is 0.0227. The maximum absolute atomic E-state index is 11.8. The van der Waals surface area contributed by atoms with Crippen LogP contribution in [0.15, 0.2) is 0 Å². The molecule has 0 aliphatic carbocycles. The minimum absolute atomic E-state index is 0.155. The van der Waals surface area contributed by atoms with E-state index in [0.29, 0.717) is 12.4 Å². The van der Waals surface area contributed by atoms with Gasteiger partial charge in [0.1, 0.15) is 5.82 Å². The first-order valence-electron chi connectivity index (χ1n) is 5.92. The van der Waals surface area contributed by atoms with Gasteiger partial charge in [-0.3, -0.25) is 9.89 Å². The van der Waals surface area contributed by atoms with Gasteiger partial charge in [-0.2, -0.15) is 0 Å². The molecule has 0 aliphatic heterocycles. The third-order valence-corrected chi connectivity index (χ3v) is 2.63. The molecule has 1 amide bonds. The van der Waals surface area contributed by atoms with Crippen molar-refractivity contribution >= 4 is 5.91 Å². The molecule has 0 spiro atoms. The first-order chi connectivity index (χ1) is 8.15. The fraction of sp³-hybridized carbons (Fsp3) is 0.750. The van der Waals surface area contributed by atoms with Crippen molar-refractivity contribution in [2.45, 2.75) is 45.6 Å². The average molecular weight is 254 g/mol. The van der Waals surface area contributed by atoms with Crippen molar-refractivity contribution < 1.29 is 9.53 Å². The van der Waals surface area contributed by atoms with E-state index in [1.807, 2.05) is 34.6 Å². The molecule has 1 aromatic rings. The van der Waals surface area contributed by atoms with E-state index in [0.717, 1.165) is 0 Å². The molecule has 0 radical (unpaired) electrons. The number of nitrogens with zero attached hydrogens (tertiary/aromatic N) is 2. The van der Waals surface area contributed by atoms with Crippen LogP contribution in [-0.4, -0.2) is 40.3 Å². The predicted molar refractivity (Wildman–Crippen MR) is 68.5 cm³/mol. The van der Waals surface area contributed by atoms with Crippen LogP contribution in [0.4, 0.5) is 0 Å². The summed E-state index contributed by atoms with van der Waals surface area (Å²) in [6.07, 6.45) is 0. The number of ether oxygens (including phenoxy) is 1. The maximum Gasteiger partial charge on any atom is 0.291 e. The molecule has 0 atom stereocenters. The summed E-state index contributed by atoms with van der Waals surface area (Å²) in [6, 6.07) is 0. The number of aromatic nitrogens is 3. The van der Waals surface area contributed by atoms with Crippen LogP contribution in [0.3, 0.4) is 0 Å². The molecule has 1 rings (SSSR count). The minimum Gasteiger partial charge on any atom is -0.377 e. The summed E-state index contributed by atoms with van der Waals surface area (Å²) in [7, 11) is 1.61. The summed E-state index contributed by atoms with van der Waals surface area (Å²) in [5.74, 6) is 0.553. The highest BCUT2D eigenvalue weighted by Gasteiger charge is 2.23. The van der Waals surface area contributed by atoms with Gasteiger partial charge in [0.2, 0.25) is 5.82 Å². The number of nitrogens with one attached hydrogen (secondary N) is 2. The van der Waals surface area contributed by atoms with E-state index < -0.39 is 5.60 Å². The third-order valence-electron chi connectivity index (χ3n) is 2.63. The van der Waals surface area contributed by atoms with Gasteiger partial charge >= 0.3 is 0 Å². The molecule has 6 nitrogen and oxygen atoms in total. The monoisotopic (exact) mass is 254 g/mol. The highest BCUT2D eigenvalue weighted by atomic mass is 16.5. The average Bonchev–Trinajstić information content (AvgIpc) is 2.75. The van der Waals surface area contributed by atoms with Crippen molar-refractivity contribution in [3.63, 3.8) is 0 Å². The zero-order valence-corrected chi connectivity index (χ0v) is 11.9. The highest BCUT2D eigenvalue weighted by molar-refractivity contribution is 5.90. The summed E-state index contributed by atoms with van der Waals surface area (Å²) in [5, 5.41) is 9.45. The highest BCUT2D eigenvalue weighted by Crippen LogP contribution is 2.17. The van der Waals surface area contributed by atoms with E-state index in [9.17, 15) is 4.79 Å². The van der Waals surface area contributed by atoms with Crippen LogP contribution in [0.2, 0.25) is 0 Å². The zero-order chi connectivity index (χ0) is 14.0. The van der Waals surface area contributed by atoms with Crippen LogP contribution < -0.4 is 5.32 Å². The number of hydrogen-bond acceptors (Lipinski definition) is 4. The summed E-state index contributed by atoms with van der Waals surface area (Å²) in [6.45, 7) is 10.2. The van der Waals surface area contributed by atoms with E-state index in [2.05, 4.69) is 20.5 Å². The molecular formula is C12H22N4O2. The number of rotatable bonds is 4. The lowest BCUT2D eigenvalue weighted by Crippen LogP contribution is -2.40. The van der Waals surface area contributed by atoms with Crippen LogP contribution in [0.5, 0.6) is 0 Å². The standard InChI is InChI=1S/C12H22N4O2/c1-11(2,3)10-14-8(15-16-10)9(17)13-7-12(4,5)18-6/h7H2,1-6H3,(H,13,17)(H,14,15,16). The van der Waals surface area contributed by atoms with Crippen LogP contribution in [-0.2, 0) is 10.2 Å². The zero-order valence-electron chi connectivity index (χ0n) is 11.9. The number of H-pyrrole nitrogens is 1. The SMILES string of the molecule is COC(C)(C)CNC(=O)c1n[nH]c(C(C)(C)C)n1. The van der Waals surface area contributed by atoms with E-state index >= 15 is 0 Å². The van der Waals surface area contributed by atoms with Gasteiger partial charge in [0.15, 0.2) is 0 Å².